The molecule has 12 aromatic rings. The van der Waals surface area contributed by atoms with Crippen LogP contribution in [-0.2, 0) is 0 Å². The van der Waals surface area contributed by atoms with Gasteiger partial charge in [0, 0.05) is 58.4 Å². The monoisotopic (exact) mass is 716 g/mol. The molecule has 0 saturated heterocycles. The Hall–Kier alpha value is -7.08. The third-order valence-electron chi connectivity index (χ3n) is 11.6. The molecule has 0 amide bonds. The van der Waals surface area contributed by atoms with E-state index in [1.54, 1.807) is 0 Å². The van der Waals surface area contributed by atoms with Crippen molar-refractivity contribution < 1.29 is 0 Å². The minimum Gasteiger partial charge on any atom is -0.308 e. The summed E-state index contributed by atoms with van der Waals surface area (Å²) >= 11 is 1.83. The Labute approximate surface area is 318 Å². The van der Waals surface area contributed by atoms with Crippen molar-refractivity contribution in [2.75, 3.05) is 0 Å². The second-order valence-corrected chi connectivity index (χ2v) is 15.5. The molecule has 8 aromatic carbocycles. The van der Waals surface area contributed by atoms with E-state index in [9.17, 15) is 0 Å². The Morgan fingerprint density at radius 1 is 0.418 bits per heavy atom. The lowest BCUT2D eigenvalue weighted by atomic mass is 9.91. The van der Waals surface area contributed by atoms with Crippen LogP contribution in [0, 0.1) is 0 Å². The van der Waals surface area contributed by atoms with E-state index in [2.05, 4.69) is 179 Å². The predicted octanol–water partition coefficient (Wildman–Crippen LogP) is 13.5. The van der Waals surface area contributed by atoms with Gasteiger partial charge in [-0.3, -0.25) is 4.57 Å². The largest absolute Gasteiger partial charge is 0.308 e. The molecule has 0 N–H and O–H groups in total. The van der Waals surface area contributed by atoms with Gasteiger partial charge < -0.3 is 4.57 Å². The summed E-state index contributed by atoms with van der Waals surface area (Å²) in [4.78, 5) is 11.1. The standard InChI is InChI=1S/C50H28N4S/c1-2-18-33-29(14-1)30-15-3-9-24-40(30)53-41-25-10-4-16-31(41)37-28-43-45(46(33)48(37)53)35-19-5-11-26-42(35)54(43)50-47(51-38-22-7-8-23-39(38)52-50)36-21-13-20-34-32-17-6-12-27-44(32)55-49(34)36/h1-28H. The number of benzene rings is 8. The van der Waals surface area contributed by atoms with Gasteiger partial charge in [-0.1, -0.05) is 127 Å². The van der Waals surface area contributed by atoms with E-state index in [-0.39, 0.29) is 0 Å². The van der Waals surface area contributed by atoms with Crippen molar-refractivity contribution in [3.05, 3.63) is 170 Å². The van der Waals surface area contributed by atoms with Crippen molar-refractivity contribution in [2.24, 2.45) is 0 Å². The van der Waals surface area contributed by atoms with Crippen LogP contribution in [0.25, 0.3) is 120 Å². The van der Waals surface area contributed by atoms with Gasteiger partial charge in [-0.2, -0.15) is 0 Å². The third-order valence-corrected chi connectivity index (χ3v) is 12.9. The van der Waals surface area contributed by atoms with E-state index in [0.29, 0.717) is 0 Å². The number of hydrogen-bond acceptors (Lipinski definition) is 3. The van der Waals surface area contributed by atoms with E-state index in [0.717, 1.165) is 39.1 Å². The molecule has 0 saturated carbocycles. The zero-order valence-electron chi connectivity index (χ0n) is 29.4. The SMILES string of the molecule is c1ccc2c(c1)-c1ccccc1-n1c3ccccc3c3cc4c(c-2c31)c1ccccc1n4-c1nc2ccccc2nc1-c1cccc2c1sc1ccccc12. The maximum absolute atomic E-state index is 5.57. The van der Waals surface area contributed by atoms with Crippen LogP contribution >= 0.6 is 11.3 Å². The highest BCUT2D eigenvalue weighted by molar-refractivity contribution is 7.26. The molecule has 254 valence electrons. The number of thiophene rings is 1. The van der Waals surface area contributed by atoms with Crippen molar-refractivity contribution >= 4 is 86.2 Å². The predicted molar refractivity (Wildman–Crippen MR) is 231 cm³/mol. The Morgan fingerprint density at radius 3 is 1.89 bits per heavy atom. The molecular formula is C50H28N4S. The van der Waals surface area contributed by atoms with Crippen LogP contribution in [0.4, 0.5) is 0 Å². The molecule has 0 spiro atoms. The van der Waals surface area contributed by atoms with Crippen LogP contribution in [0.5, 0.6) is 0 Å². The maximum atomic E-state index is 5.57. The highest BCUT2D eigenvalue weighted by atomic mass is 32.1. The van der Waals surface area contributed by atoms with Gasteiger partial charge in [0.05, 0.1) is 38.8 Å². The summed E-state index contributed by atoms with van der Waals surface area (Å²) < 4.78 is 7.39. The van der Waals surface area contributed by atoms with Crippen LogP contribution in [0.3, 0.4) is 0 Å². The minimum atomic E-state index is 0.829. The lowest BCUT2D eigenvalue weighted by molar-refractivity contribution is 1.08. The summed E-state index contributed by atoms with van der Waals surface area (Å²) in [6, 6.07) is 61.5. The van der Waals surface area contributed by atoms with E-state index in [4.69, 9.17) is 9.97 Å². The van der Waals surface area contributed by atoms with E-state index in [1.807, 2.05) is 11.3 Å². The molecule has 0 atom stereocenters. The van der Waals surface area contributed by atoms with Gasteiger partial charge >= 0.3 is 0 Å². The van der Waals surface area contributed by atoms with Crippen LogP contribution in [-0.4, -0.2) is 19.1 Å². The fourth-order valence-electron chi connectivity index (χ4n) is 9.41. The highest BCUT2D eigenvalue weighted by Crippen LogP contribution is 2.52. The topological polar surface area (TPSA) is 35.6 Å². The van der Waals surface area contributed by atoms with Gasteiger partial charge in [0.1, 0.15) is 5.69 Å². The molecule has 5 heterocycles. The molecule has 1 aliphatic rings. The summed E-state index contributed by atoms with van der Waals surface area (Å²) in [5.41, 5.74) is 14.5. The molecular weight excluding hydrogens is 689 g/mol. The van der Waals surface area contributed by atoms with Crippen molar-refractivity contribution in [3.63, 3.8) is 0 Å². The fourth-order valence-corrected chi connectivity index (χ4v) is 10.6. The maximum Gasteiger partial charge on any atom is 0.165 e. The van der Waals surface area contributed by atoms with Crippen molar-refractivity contribution in [1.29, 1.82) is 0 Å². The van der Waals surface area contributed by atoms with E-state index < -0.39 is 0 Å². The van der Waals surface area contributed by atoms with Gasteiger partial charge in [0.25, 0.3) is 0 Å². The van der Waals surface area contributed by atoms with Crippen LogP contribution in [0.15, 0.2) is 170 Å². The average molecular weight is 717 g/mol. The first-order valence-corrected chi connectivity index (χ1v) is 19.5. The molecule has 55 heavy (non-hydrogen) atoms. The molecule has 0 fully saturated rings. The molecule has 4 aromatic heterocycles. The van der Waals surface area contributed by atoms with Gasteiger partial charge in [0.2, 0.25) is 0 Å². The van der Waals surface area contributed by atoms with Gasteiger partial charge in [-0.25, -0.2) is 9.97 Å². The number of rotatable bonds is 2. The molecule has 1 aliphatic heterocycles. The quantitative estimate of drug-likeness (QED) is 0.179. The molecule has 13 rings (SSSR count). The van der Waals surface area contributed by atoms with Crippen LogP contribution < -0.4 is 0 Å². The first kappa shape index (κ1) is 29.4. The Bertz CT molecular complexity index is 3620. The van der Waals surface area contributed by atoms with Gasteiger partial charge in [0.15, 0.2) is 5.82 Å². The molecule has 0 unspecified atom stereocenters. The zero-order valence-corrected chi connectivity index (χ0v) is 30.2. The summed E-state index contributed by atoms with van der Waals surface area (Å²) in [6.45, 7) is 0. The fraction of sp³-hybridized carbons (Fsp3) is 0. The Balaban J connectivity index is 1.26. The Morgan fingerprint density at radius 2 is 1.04 bits per heavy atom. The summed E-state index contributed by atoms with van der Waals surface area (Å²) in [6.07, 6.45) is 0. The van der Waals surface area contributed by atoms with Crippen LogP contribution in [0.2, 0.25) is 0 Å². The number of hydrogen-bond donors (Lipinski definition) is 0. The summed E-state index contributed by atoms with van der Waals surface area (Å²) in [5.74, 6) is 0.829. The first-order chi connectivity index (χ1) is 27.3. The minimum absolute atomic E-state index is 0.829. The second-order valence-electron chi connectivity index (χ2n) is 14.5. The molecule has 0 radical (unpaired) electrons. The van der Waals surface area contributed by atoms with Gasteiger partial charge in [-0.15, -0.1) is 11.3 Å². The second kappa shape index (κ2) is 10.8. The van der Waals surface area contributed by atoms with E-state index >= 15 is 0 Å². The van der Waals surface area contributed by atoms with Gasteiger partial charge in [-0.05, 0) is 53.6 Å². The first-order valence-electron chi connectivity index (χ1n) is 18.7. The lowest BCUT2D eigenvalue weighted by Gasteiger charge is -2.15. The van der Waals surface area contributed by atoms with E-state index in [1.165, 1.54) is 80.7 Å². The third kappa shape index (κ3) is 3.84. The van der Waals surface area contributed by atoms with Crippen molar-refractivity contribution in [1.82, 2.24) is 19.1 Å². The Kier molecular flexibility index (Phi) is 5.74. The highest BCUT2D eigenvalue weighted by Gasteiger charge is 2.30. The van der Waals surface area contributed by atoms with Crippen molar-refractivity contribution in [2.45, 2.75) is 0 Å². The molecule has 0 bridgehead atoms. The number of nitrogens with zero attached hydrogens (tertiary/aromatic N) is 4. The normalized spacial score (nSPS) is 12.4. The summed E-state index contributed by atoms with van der Waals surface area (Å²) in [5, 5.41) is 7.36. The molecule has 4 nitrogen and oxygen atoms in total. The lowest BCUT2D eigenvalue weighted by Crippen LogP contribution is -2.04. The van der Waals surface area contributed by atoms with Crippen LogP contribution in [0.1, 0.15) is 0 Å². The zero-order chi connectivity index (χ0) is 35.8. The number of aromatic nitrogens is 4. The molecule has 5 heteroatoms. The smallest absolute Gasteiger partial charge is 0.165 e. The number of para-hydroxylation sites is 5. The average Bonchev–Trinajstić information content (AvgIpc) is 3.87. The summed E-state index contributed by atoms with van der Waals surface area (Å²) in [7, 11) is 0. The number of fused-ring (bicyclic) bond motifs is 16. The van der Waals surface area contributed by atoms with Crippen molar-refractivity contribution in [3.8, 4) is 45.0 Å². The molecule has 0 aliphatic carbocycles.